The molecule has 6 heteroatoms. The van der Waals surface area contributed by atoms with Crippen molar-refractivity contribution >= 4 is 27.3 Å². The van der Waals surface area contributed by atoms with E-state index in [0.29, 0.717) is 5.84 Å². The molecule has 1 aliphatic rings. The lowest BCUT2D eigenvalue weighted by Crippen LogP contribution is -2.42. The molecule has 2 aromatic rings. The van der Waals surface area contributed by atoms with E-state index >= 15 is 0 Å². The van der Waals surface area contributed by atoms with Crippen LogP contribution in [0.5, 0.6) is 0 Å². The number of rotatable bonds is 2. The summed E-state index contributed by atoms with van der Waals surface area (Å²) < 4.78 is 27.7. The molecular weight excluding hydrogens is 334 g/mol. The summed E-state index contributed by atoms with van der Waals surface area (Å²) in [5.74, 6) is 0.397. The number of hydrogen-bond donors (Lipinski definition) is 0. The summed E-state index contributed by atoms with van der Waals surface area (Å²) in [5.41, 5.74) is 2.83. The van der Waals surface area contributed by atoms with Gasteiger partial charge in [-0.15, -0.1) is 4.40 Å². The lowest BCUT2D eigenvalue weighted by molar-refractivity contribution is 0.602. The van der Waals surface area contributed by atoms with Crippen LogP contribution in [0.15, 0.2) is 64.0 Å². The number of likely N-dealkylation sites (N-methyl/N-ethyl adjacent to an activating group) is 1. The third-order valence-corrected chi connectivity index (χ3v) is 4.58. The van der Waals surface area contributed by atoms with Gasteiger partial charge in [-0.1, -0.05) is 48.5 Å². The first-order chi connectivity index (χ1) is 11.7. The summed E-state index contributed by atoms with van der Waals surface area (Å²) in [6.07, 6.45) is 1.10. The highest BCUT2D eigenvalue weighted by molar-refractivity contribution is 7.89. The Morgan fingerprint density at radius 2 is 1.60 bits per heavy atom. The summed E-state index contributed by atoms with van der Waals surface area (Å²) in [4.78, 5) is 6.73. The van der Waals surface area contributed by atoms with Crippen LogP contribution >= 0.6 is 0 Å². The number of hydrogen-bond acceptors (Lipinski definition) is 3. The van der Waals surface area contributed by atoms with Crippen LogP contribution in [0.3, 0.4) is 0 Å². The van der Waals surface area contributed by atoms with Crippen molar-refractivity contribution < 1.29 is 8.42 Å². The molecular formula is C19H21N3O2S. The molecule has 0 amide bonds. The molecule has 0 spiro atoms. The molecule has 2 aromatic carbocycles. The normalized spacial score (nSPS) is 18.5. The number of anilines is 1. The van der Waals surface area contributed by atoms with Gasteiger partial charge in [-0.05, 0) is 19.9 Å². The van der Waals surface area contributed by atoms with Crippen molar-refractivity contribution in [3.05, 3.63) is 65.7 Å². The topological polar surface area (TPSA) is 62.1 Å². The van der Waals surface area contributed by atoms with Gasteiger partial charge in [0, 0.05) is 18.2 Å². The highest BCUT2D eigenvalue weighted by Gasteiger charge is 2.35. The highest BCUT2D eigenvalue weighted by atomic mass is 32.2. The van der Waals surface area contributed by atoms with Gasteiger partial charge in [0.25, 0.3) is 10.0 Å². The van der Waals surface area contributed by atoms with Crippen molar-refractivity contribution in [3.63, 3.8) is 0 Å². The molecule has 25 heavy (non-hydrogen) atoms. The number of benzene rings is 2. The lowest BCUT2D eigenvalue weighted by atomic mass is 10.00. The number of fused-ring (bicyclic) bond motifs is 1. The molecule has 0 bridgehead atoms. The Labute approximate surface area is 148 Å². The molecule has 0 unspecified atom stereocenters. The van der Waals surface area contributed by atoms with Crippen molar-refractivity contribution in [3.8, 4) is 0 Å². The molecule has 0 N–H and O–H groups in total. The number of para-hydroxylation sites is 1. The molecule has 0 radical (unpaired) electrons. The van der Waals surface area contributed by atoms with Crippen LogP contribution in [-0.4, -0.2) is 38.8 Å². The smallest absolute Gasteiger partial charge is 0.251 e. The third kappa shape index (κ3) is 3.49. The molecule has 1 heterocycles. The molecule has 0 aromatic heterocycles. The second-order valence-corrected chi connectivity index (χ2v) is 8.26. The zero-order chi connectivity index (χ0) is 18.2. The Hall–Kier alpha value is -2.47. The number of benzodiazepines with no additional fused rings is 1. The quantitative estimate of drug-likeness (QED) is 0.831. The first-order valence-electron chi connectivity index (χ1n) is 7.98. The molecule has 3 rings (SSSR count). The van der Waals surface area contributed by atoms with Gasteiger partial charge < -0.3 is 4.90 Å². The van der Waals surface area contributed by atoms with E-state index in [-0.39, 0.29) is 0 Å². The van der Waals surface area contributed by atoms with Crippen LogP contribution < -0.4 is 4.90 Å². The van der Waals surface area contributed by atoms with Crippen molar-refractivity contribution in [1.29, 1.82) is 0 Å². The lowest BCUT2D eigenvalue weighted by Gasteiger charge is -2.28. The molecule has 1 aliphatic heterocycles. The van der Waals surface area contributed by atoms with Crippen LogP contribution in [0.1, 0.15) is 25.0 Å². The maximum absolute atomic E-state index is 11.8. The molecule has 0 saturated heterocycles. The summed E-state index contributed by atoms with van der Waals surface area (Å²) >= 11 is 0. The van der Waals surface area contributed by atoms with Gasteiger partial charge in [-0.25, -0.2) is 8.42 Å². The molecule has 0 saturated carbocycles. The molecule has 0 aliphatic carbocycles. The molecule has 5 nitrogen and oxygen atoms in total. The van der Waals surface area contributed by atoms with Crippen molar-refractivity contribution in [2.75, 3.05) is 18.2 Å². The van der Waals surface area contributed by atoms with Crippen LogP contribution in [-0.2, 0) is 10.0 Å². The van der Waals surface area contributed by atoms with E-state index in [1.165, 1.54) is 0 Å². The fraction of sp³-hybridized carbons (Fsp3) is 0.263. The van der Waals surface area contributed by atoms with E-state index in [0.717, 1.165) is 28.8 Å². The second kappa shape index (κ2) is 6.11. The summed E-state index contributed by atoms with van der Waals surface area (Å²) in [7, 11) is -1.72. The van der Waals surface area contributed by atoms with Gasteiger partial charge in [-0.3, -0.25) is 4.99 Å². The second-order valence-electron chi connectivity index (χ2n) is 6.61. The Morgan fingerprint density at radius 1 is 1.00 bits per heavy atom. The summed E-state index contributed by atoms with van der Waals surface area (Å²) in [5, 5.41) is 0. The van der Waals surface area contributed by atoms with E-state index in [4.69, 9.17) is 4.99 Å². The minimum Gasteiger partial charge on any atom is -0.330 e. The van der Waals surface area contributed by atoms with Gasteiger partial charge >= 0.3 is 0 Å². The Morgan fingerprint density at radius 3 is 2.24 bits per heavy atom. The minimum atomic E-state index is -3.55. The first-order valence-corrected chi connectivity index (χ1v) is 9.83. The highest BCUT2D eigenvalue weighted by Crippen LogP contribution is 2.32. The van der Waals surface area contributed by atoms with Crippen LogP contribution in [0.25, 0.3) is 0 Å². The van der Waals surface area contributed by atoms with Gasteiger partial charge in [0.1, 0.15) is 11.4 Å². The number of nitrogens with zero attached hydrogens (tertiary/aromatic N) is 3. The fourth-order valence-electron chi connectivity index (χ4n) is 3.03. The van der Waals surface area contributed by atoms with Crippen molar-refractivity contribution in [1.82, 2.24) is 0 Å². The van der Waals surface area contributed by atoms with E-state index in [9.17, 15) is 8.42 Å². The Balaban J connectivity index is 2.34. The van der Waals surface area contributed by atoms with Gasteiger partial charge in [-0.2, -0.15) is 0 Å². The third-order valence-electron chi connectivity index (χ3n) is 4.08. The zero-order valence-electron chi connectivity index (χ0n) is 14.8. The van der Waals surface area contributed by atoms with E-state index in [2.05, 4.69) is 4.40 Å². The molecule has 0 fully saturated rings. The Bertz CT molecular complexity index is 961. The molecule has 130 valence electrons. The standard InChI is InChI=1S/C19H21N3O2S/c1-19(2)18(21-25(4,23)24)22(3)16-13-9-8-12-15(16)17(20-19)14-10-6-5-7-11-14/h5-13H,1-4H3/b21-18+. The predicted octanol–water partition coefficient (Wildman–Crippen LogP) is 3.11. The van der Waals surface area contributed by atoms with Crippen molar-refractivity contribution in [2.24, 2.45) is 9.39 Å². The number of amidine groups is 1. The van der Waals surface area contributed by atoms with E-state index in [1.807, 2.05) is 80.4 Å². The maximum Gasteiger partial charge on any atom is 0.251 e. The molecule has 0 atom stereocenters. The van der Waals surface area contributed by atoms with Crippen LogP contribution in [0.4, 0.5) is 5.69 Å². The number of sulfonamides is 1. The van der Waals surface area contributed by atoms with Crippen LogP contribution in [0.2, 0.25) is 0 Å². The van der Waals surface area contributed by atoms with E-state index in [1.54, 1.807) is 0 Å². The van der Waals surface area contributed by atoms with Gasteiger partial charge in [0.2, 0.25) is 0 Å². The maximum atomic E-state index is 11.8. The largest absolute Gasteiger partial charge is 0.330 e. The monoisotopic (exact) mass is 355 g/mol. The van der Waals surface area contributed by atoms with Gasteiger partial charge in [0.15, 0.2) is 0 Å². The summed E-state index contributed by atoms with van der Waals surface area (Å²) in [6.45, 7) is 3.75. The number of aliphatic imine (C=N–C) groups is 1. The Kier molecular flexibility index (Phi) is 4.24. The predicted molar refractivity (Wildman–Crippen MR) is 103 cm³/mol. The van der Waals surface area contributed by atoms with Crippen LogP contribution in [0, 0.1) is 0 Å². The zero-order valence-corrected chi connectivity index (χ0v) is 15.6. The first kappa shape index (κ1) is 17.4. The fourth-order valence-corrected chi connectivity index (χ4v) is 3.69. The summed E-state index contributed by atoms with van der Waals surface area (Å²) in [6, 6.07) is 17.7. The van der Waals surface area contributed by atoms with E-state index < -0.39 is 15.6 Å². The SMILES string of the molecule is CN1/C(=N/S(C)(=O)=O)C(C)(C)N=C(c2ccccc2)c2ccccc21. The average molecular weight is 355 g/mol. The average Bonchev–Trinajstić information content (AvgIpc) is 2.64. The van der Waals surface area contributed by atoms with Gasteiger partial charge in [0.05, 0.1) is 17.7 Å². The van der Waals surface area contributed by atoms with Crippen molar-refractivity contribution in [2.45, 2.75) is 19.4 Å². The minimum absolute atomic E-state index is 0.397.